The van der Waals surface area contributed by atoms with Gasteiger partial charge in [0.05, 0.1) is 12.2 Å². The maximum absolute atomic E-state index is 14.2. The molecule has 0 atom stereocenters. The molecule has 1 aromatic rings. The Balaban J connectivity index is 0.00000242. The average Bonchev–Trinajstić information content (AvgIpc) is 3.31. The van der Waals surface area contributed by atoms with Gasteiger partial charge in [-0.3, -0.25) is 0 Å². The van der Waals surface area contributed by atoms with E-state index in [2.05, 4.69) is 4.99 Å². The number of benzene rings is 1. The maximum atomic E-state index is 14.2. The molecule has 2 N–H and O–H groups in total. The minimum absolute atomic E-state index is 0. The fourth-order valence-corrected chi connectivity index (χ4v) is 2.40. The van der Waals surface area contributed by atoms with E-state index in [-0.39, 0.29) is 29.8 Å². The van der Waals surface area contributed by atoms with Crippen molar-refractivity contribution >= 4 is 35.6 Å². The lowest BCUT2D eigenvalue weighted by Gasteiger charge is -2.22. The van der Waals surface area contributed by atoms with Crippen LogP contribution in [0.4, 0.5) is 10.1 Å². The monoisotopic (exact) mass is 420 g/mol. The predicted molar refractivity (Wildman–Crippen MR) is 101 cm³/mol. The van der Waals surface area contributed by atoms with E-state index < -0.39 is 0 Å². The summed E-state index contributed by atoms with van der Waals surface area (Å²) in [4.78, 5) is 8.35. The Morgan fingerprint density at radius 3 is 2.45 bits per heavy atom. The first-order valence-electron chi connectivity index (χ1n) is 7.62. The number of guanidine groups is 1. The van der Waals surface area contributed by atoms with Crippen molar-refractivity contribution < 1.29 is 4.39 Å². The third-order valence-corrected chi connectivity index (χ3v) is 4.00. The van der Waals surface area contributed by atoms with Gasteiger partial charge >= 0.3 is 0 Å². The summed E-state index contributed by atoms with van der Waals surface area (Å²) in [6, 6.07) is 5.84. The first-order chi connectivity index (χ1) is 10.1. The van der Waals surface area contributed by atoms with Gasteiger partial charge in [0.15, 0.2) is 5.96 Å². The highest BCUT2D eigenvalue weighted by Gasteiger charge is 2.27. The van der Waals surface area contributed by atoms with Crippen molar-refractivity contribution in [3.63, 3.8) is 0 Å². The standard InChI is InChI=1S/C16H25FN4.HI/c1-4-21(5-2)15-9-6-12(10-14(15)17)11-19-16(18)20(3)13-7-8-13;/h6,9-10,13H,4-5,7-8,11H2,1-3H3,(H2,18,19);1H. The summed E-state index contributed by atoms with van der Waals surface area (Å²) in [5, 5.41) is 0. The van der Waals surface area contributed by atoms with Gasteiger partial charge in [-0.1, -0.05) is 6.07 Å². The van der Waals surface area contributed by atoms with Crippen LogP contribution >= 0.6 is 24.0 Å². The fourth-order valence-electron chi connectivity index (χ4n) is 2.40. The molecule has 1 aliphatic carbocycles. The average molecular weight is 420 g/mol. The number of rotatable bonds is 6. The highest BCUT2D eigenvalue weighted by atomic mass is 127. The second kappa shape index (κ2) is 8.55. The Morgan fingerprint density at radius 2 is 1.95 bits per heavy atom. The van der Waals surface area contributed by atoms with E-state index in [0.717, 1.165) is 18.7 Å². The number of hydrogen-bond acceptors (Lipinski definition) is 2. The number of hydrogen-bond donors (Lipinski definition) is 1. The quantitative estimate of drug-likeness (QED) is 0.437. The minimum Gasteiger partial charge on any atom is -0.370 e. The Bertz CT molecular complexity index is 513. The second-order valence-electron chi connectivity index (χ2n) is 5.47. The van der Waals surface area contributed by atoms with Gasteiger partial charge in [0.1, 0.15) is 5.82 Å². The molecular formula is C16H26FIN4. The summed E-state index contributed by atoms with van der Waals surface area (Å²) >= 11 is 0. The molecule has 0 aromatic heterocycles. The summed E-state index contributed by atoms with van der Waals surface area (Å²) < 4.78 is 14.2. The number of anilines is 1. The van der Waals surface area contributed by atoms with Crippen LogP contribution in [0.15, 0.2) is 23.2 Å². The molecular weight excluding hydrogens is 394 g/mol. The Morgan fingerprint density at radius 1 is 1.32 bits per heavy atom. The predicted octanol–water partition coefficient (Wildman–Crippen LogP) is 3.20. The van der Waals surface area contributed by atoms with Crippen LogP contribution in [0.2, 0.25) is 0 Å². The smallest absolute Gasteiger partial charge is 0.191 e. The zero-order valence-corrected chi connectivity index (χ0v) is 15.9. The van der Waals surface area contributed by atoms with Gasteiger partial charge in [0.25, 0.3) is 0 Å². The molecule has 0 bridgehead atoms. The van der Waals surface area contributed by atoms with Crippen LogP contribution in [0.25, 0.3) is 0 Å². The Kier molecular flexibility index (Phi) is 7.38. The minimum atomic E-state index is -0.194. The lowest BCUT2D eigenvalue weighted by atomic mass is 10.2. The van der Waals surface area contributed by atoms with E-state index in [0.29, 0.717) is 24.2 Å². The zero-order chi connectivity index (χ0) is 15.4. The highest BCUT2D eigenvalue weighted by molar-refractivity contribution is 14.0. The van der Waals surface area contributed by atoms with Crippen molar-refractivity contribution in [2.45, 2.75) is 39.3 Å². The summed E-state index contributed by atoms with van der Waals surface area (Å²) in [6.07, 6.45) is 2.36. The summed E-state index contributed by atoms with van der Waals surface area (Å²) in [7, 11) is 1.96. The lowest BCUT2D eigenvalue weighted by Crippen LogP contribution is -2.35. The maximum Gasteiger partial charge on any atom is 0.191 e. The molecule has 0 radical (unpaired) electrons. The molecule has 1 aliphatic rings. The Hall–Kier alpha value is -1.05. The van der Waals surface area contributed by atoms with E-state index in [9.17, 15) is 4.39 Å². The normalized spacial score (nSPS) is 14.5. The van der Waals surface area contributed by atoms with Gasteiger partial charge in [-0.05, 0) is 44.4 Å². The van der Waals surface area contributed by atoms with E-state index in [1.807, 2.05) is 42.8 Å². The topological polar surface area (TPSA) is 44.9 Å². The molecule has 1 fully saturated rings. The molecule has 0 aliphatic heterocycles. The number of nitrogens with two attached hydrogens (primary N) is 1. The van der Waals surface area contributed by atoms with E-state index in [1.165, 1.54) is 12.8 Å². The van der Waals surface area contributed by atoms with E-state index in [4.69, 9.17) is 5.73 Å². The van der Waals surface area contributed by atoms with Crippen LogP contribution in [-0.2, 0) is 6.54 Å². The third-order valence-electron chi connectivity index (χ3n) is 4.00. The summed E-state index contributed by atoms with van der Waals surface area (Å²) in [5.41, 5.74) is 7.43. The molecule has 2 rings (SSSR count). The first-order valence-corrected chi connectivity index (χ1v) is 7.62. The van der Waals surface area contributed by atoms with Gasteiger partial charge in [-0.25, -0.2) is 9.38 Å². The molecule has 0 unspecified atom stereocenters. The van der Waals surface area contributed by atoms with Crippen molar-refractivity contribution in [3.05, 3.63) is 29.6 Å². The SMILES string of the molecule is CCN(CC)c1ccc(CN=C(N)N(C)C2CC2)cc1F.I. The fraction of sp³-hybridized carbons (Fsp3) is 0.562. The largest absolute Gasteiger partial charge is 0.370 e. The lowest BCUT2D eigenvalue weighted by molar-refractivity contribution is 0.487. The van der Waals surface area contributed by atoms with Crippen molar-refractivity contribution in [2.75, 3.05) is 25.0 Å². The molecule has 6 heteroatoms. The second-order valence-corrected chi connectivity index (χ2v) is 5.47. The molecule has 0 saturated heterocycles. The van der Waals surface area contributed by atoms with Gasteiger partial charge < -0.3 is 15.5 Å². The Labute approximate surface area is 149 Å². The number of aliphatic imine (C=N–C) groups is 1. The molecule has 0 heterocycles. The highest BCUT2D eigenvalue weighted by Crippen LogP contribution is 2.25. The van der Waals surface area contributed by atoms with Crippen LogP contribution in [-0.4, -0.2) is 37.0 Å². The van der Waals surface area contributed by atoms with Crippen LogP contribution < -0.4 is 10.6 Å². The molecule has 22 heavy (non-hydrogen) atoms. The van der Waals surface area contributed by atoms with Gasteiger partial charge in [0, 0.05) is 26.2 Å². The van der Waals surface area contributed by atoms with Gasteiger partial charge in [0.2, 0.25) is 0 Å². The first kappa shape index (κ1) is 19.0. The zero-order valence-electron chi connectivity index (χ0n) is 13.6. The number of nitrogens with zero attached hydrogens (tertiary/aromatic N) is 3. The molecule has 1 aromatic carbocycles. The molecule has 4 nitrogen and oxygen atoms in total. The summed E-state index contributed by atoms with van der Waals surface area (Å²) in [5.74, 6) is 0.339. The van der Waals surface area contributed by atoms with Gasteiger partial charge in [-0.2, -0.15) is 0 Å². The number of halogens is 2. The molecule has 1 saturated carbocycles. The van der Waals surface area contributed by atoms with E-state index in [1.54, 1.807) is 6.07 Å². The third kappa shape index (κ3) is 4.72. The van der Waals surface area contributed by atoms with Crippen molar-refractivity contribution in [1.82, 2.24) is 4.90 Å². The van der Waals surface area contributed by atoms with Crippen molar-refractivity contribution in [1.29, 1.82) is 0 Å². The molecule has 0 spiro atoms. The summed E-state index contributed by atoms with van der Waals surface area (Å²) in [6.45, 7) is 6.05. The van der Waals surface area contributed by atoms with Crippen LogP contribution in [0.5, 0.6) is 0 Å². The van der Waals surface area contributed by atoms with Crippen molar-refractivity contribution in [2.24, 2.45) is 10.7 Å². The molecule has 0 amide bonds. The molecule has 124 valence electrons. The van der Waals surface area contributed by atoms with Crippen LogP contribution in [0.3, 0.4) is 0 Å². The van der Waals surface area contributed by atoms with Crippen molar-refractivity contribution in [3.8, 4) is 0 Å². The van der Waals surface area contributed by atoms with Crippen LogP contribution in [0, 0.1) is 5.82 Å². The van der Waals surface area contributed by atoms with Gasteiger partial charge in [-0.15, -0.1) is 24.0 Å². The van der Waals surface area contributed by atoms with E-state index >= 15 is 0 Å². The van der Waals surface area contributed by atoms with Crippen LogP contribution in [0.1, 0.15) is 32.3 Å².